The largest absolute Gasteiger partial charge is 0.462 e. The van der Waals surface area contributed by atoms with E-state index < -0.39 is 12.1 Å². The average molecular weight is 1050 g/mol. The van der Waals surface area contributed by atoms with Gasteiger partial charge in [0.05, 0.1) is 6.42 Å². The minimum absolute atomic E-state index is 0.0951. The molecule has 0 saturated carbocycles. The van der Waals surface area contributed by atoms with Crippen LogP contribution in [0.1, 0.15) is 271 Å². The molecule has 0 amide bonds. The first-order valence-corrected chi connectivity index (χ1v) is 31.2. The maximum atomic E-state index is 12.8. The van der Waals surface area contributed by atoms with Crippen LogP contribution in [0, 0.1) is 0 Å². The van der Waals surface area contributed by atoms with Crippen LogP contribution in [0.15, 0.2) is 134 Å². The topological polar surface area (TPSA) is 78.9 Å². The Balaban J connectivity index is 4.20. The van der Waals surface area contributed by atoms with Gasteiger partial charge >= 0.3 is 17.9 Å². The van der Waals surface area contributed by atoms with E-state index in [1.807, 2.05) is 6.08 Å². The Hall–Kier alpha value is -4.45. The van der Waals surface area contributed by atoms with Crippen molar-refractivity contribution in [3.8, 4) is 0 Å². The van der Waals surface area contributed by atoms with Crippen molar-refractivity contribution >= 4 is 17.9 Å². The van der Waals surface area contributed by atoms with Gasteiger partial charge in [0, 0.05) is 12.8 Å². The maximum absolute atomic E-state index is 12.8. The van der Waals surface area contributed by atoms with E-state index in [4.69, 9.17) is 14.2 Å². The zero-order valence-corrected chi connectivity index (χ0v) is 49.2. The Morgan fingerprint density at radius 1 is 0.289 bits per heavy atom. The highest BCUT2D eigenvalue weighted by molar-refractivity contribution is 5.72. The molecule has 0 aromatic carbocycles. The summed E-state index contributed by atoms with van der Waals surface area (Å²) in [5, 5.41) is 0. The molecular formula is C70H114O6. The molecule has 76 heavy (non-hydrogen) atoms. The van der Waals surface area contributed by atoms with Crippen molar-refractivity contribution in [1.82, 2.24) is 0 Å². The first-order chi connectivity index (χ1) is 37.5. The molecule has 0 aromatic rings. The summed E-state index contributed by atoms with van der Waals surface area (Å²) in [6, 6.07) is 0. The highest BCUT2D eigenvalue weighted by Gasteiger charge is 2.19. The molecule has 0 N–H and O–H groups in total. The molecule has 0 aliphatic heterocycles. The predicted molar refractivity (Wildman–Crippen MR) is 329 cm³/mol. The van der Waals surface area contributed by atoms with Gasteiger partial charge in [0.1, 0.15) is 13.2 Å². The molecule has 0 saturated heterocycles. The third kappa shape index (κ3) is 60.4. The van der Waals surface area contributed by atoms with Gasteiger partial charge in [-0.1, -0.05) is 289 Å². The monoisotopic (exact) mass is 1050 g/mol. The number of esters is 3. The summed E-state index contributed by atoms with van der Waals surface area (Å²) in [5.41, 5.74) is 0. The van der Waals surface area contributed by atoms with Crippen LogP contribution in [0.3, 0.4) is 0 Å². The summed E-state index contributed by atoms with van der Waals surface area (Å²) in [4.78, 5) is 38.0. The van der Waals surface area contributed by atoms with Gasteiger partial charge in [0.25, 0.3) is 0 Å². The molecule has 0 radical (unpaired) electrons. The van der Waals surface area contributed by atoms with Crippen LogP contribution in [0.5, 0.6) is 0 Å². The lowest BCUT2D eigenvalue weighted by molar-refractivity contribution is -0.166. The van der Waals surface area contributed by atoms with Gasteiger partial charge in [0.15, 0.2) is 6.10 Å². The number of ether oxygens (including phenoxy) is 3. The predicted octanol–water partition coefficient (Wildman–Crippen LogP) is 21.4. The molecule has 0 rings (SSSR count). The first kappa shape index (κ1) is 71.5. The molecule has 0 spiro atoms. The lowest BCUT2D eigenvalue weighted by Crippen LogP contribution is -2.30. The molecule has 430 valence electrons. The molecule has 6 nitrogen and oxygen atoms in total. The molecule has 1 atom stereocenters. The normalized spacial score (nSPS) is 13.0. The van der Waals surface area contributed by atoms with Crippen molar-refractivity contribution in [2.45, 2.75) is 277 Å². The molecule has 0 heterocycles. The number of rotatable bonds is 55. The summed E-state index contributed by atoms with van der Waals surface area (Å²) in [6.45, 7) is 6.31. The van der Waals surface area contributed by atoms with Crippen molar-refractivity contribution in [3.05, 3.63) is 134 Å². The van der Waals surface area contributed by atoms with Crippen LogP contribution >= 0.6 is 0 Å². The molecular weight excluding hydrogens is 937 g/mol. The lowest BCUT2D eigenvalue weighted by Gasteiger charge is -2.18. The number of allylic oxidation sites excluding steroid dienone is 21. The Labute approximate surface area is 468 Å². The Kier molecular flexibility index (Phi) is 59.4. The number of carbonyl (C=O) groups excluding carboxylic acids is 3. The van der Waals surface area contributed by atoms with Crippen LogP contribution in [0.4, 0.5) is 0 Å². The van der Waals surface area contributed by atoms with Crippen molar-refractivity contribution in [3.63, 3.8) is 0 Å². The third-order valence-corrected chi connectivity index (χ3v) is 12.9. The molecule has 6 heteroatoms. The molecule has 1 unspecified atom stereocenters. The molecule has 0 fully saturated rings. The average Bonchev–Trinajstić information content (AvgIpc) is 3.42. The van der Waals surface area contributed by atoms with E-state index in [-0.39, 0.29) is 31.6 Å². The summed E-state index contributed by atoms with van der Waals surface area (Å²) in [7, 11) is 0. The van der Waals surface area contributed by atoms with Crippen molar-refractivity contribution in [1.29, 1.82) is 0 Å². The Morgan fingerprint density at radius 3 is 0.868 bits per heavy atom. The smallest absolute Gasteiger partial charge is 0.310 e. The van der Waals surface area contributed by atoms with Crippen LogP contribution in [0.25, 0.3) is 0 Å². The lowest BCUT2D eigenvalue weighted by atomic mass is 10.0. The van der Waals surface area contributed by atoms with Crippen LogP contribution in [0.2, 0.25) is 0 Å². The second-order valence-corrected chi connectivity index (χ2v) is 20.2. The van der Waals surface area contributed by atoms with Gasteiger partial charge in [-0.05, 0) is 96.3 Å². The highest BCUT2D eigenvalue weighted by atomic mass is 16.6. The molecule has 0 aliphatic rings. The minimum atomic E-state index is -0.833. The second-order valence-electron chi connectivity index (χ2n) is 20.2. The standard InChI is InChI=1S/C70H114O6/c1-4-7-10-13-16-19-22-24-26-27-28-29-30-31-32-33-34-35-36-37-38-39-40-41-42-43-45-46-48-51-54-57-60-63-69(72)75-66-67(65-74-68(71)62-59-56-53-50-21-18-15-12-9-6-3)76-70(73)64-61-58-55-52-49-47-44-25-23-20-17-14-11-8-5-2/h7-8,10-11,16-17,19-20,24-26,28-29,31-32,34-35,44,49,52,58,61,67H,4-6,9,12-15,18,21-23,27,30,33,36-43,45-48,50-51,53-57,59-60,62-66H2,1-3H3/b10-7-,11-8-,19-16-,20-17-,26-24-,29-28-,32-31-,35-34-,44-25-,52-49-,61-58-. The van der Waals surface area contributed by atoms with E-state index in [9.17, 15) is 14.4 Å². The van der Waals surface area contributed by atoms with Gasteiger partial charge in [-0.15, -0.1) is 0 Å². The van der Waals surface area contributed by atoms with E-state index in [0.717, 1.165) is 109 Å². The van der Waals surface area contributed by atoms with Gasteiger partial charge in [-0.3, -0.25) is 14.4 Å². The number of hydrogen-bond acceptors (Lipinski definition) is 6. The van der Waals surface area contributed by atoms with E-state index in [2.05, 4.69) is 142 Å². The number of carbonyl (C=O) groups is 3. The zero-order valence-electron chi connectivity index (χ0n) is 49.2. The fourth-order valence-corrected chi connectivity index (χ4v) is 8.35. The summed E-state index contributed by atoms with van der Waals surface area (Å²) < 4.78 is 16.7. The third-order valence-electron chi connectivity index (χ3n) is 12.9. The Morgan fingerprint density at radius 2 is 0.553 bits per heavy atom. The maximum Gasteiger partial charge on any atom is 0.310 e. The van der Waals surface area contributed by atoms with E-state index in [0.29, 0.717) is 12.8 Å². The van der Waals surface area contributed by atoms with E-state index in [1.54, 1.807) is 6.08 Å². The van der Waals surface area contributed by atoms with Crippen molar-refractivity contribution < 1.29 is 28.6 Å². The number of unbranched alkanes of at least 4 members (excludes halogenated alkanes) is 23. The van der Waals surface area contributed by atoms with Gasteiger partial charge in [-0.2, -0.15) is 0 Å². The number of hydrogen-bond donors (Lipinski definition) is 0. The molecule has 0 bridgehead atoms. The van der Waals surface area contributed by atoms with Gasteiger partial charge in [0.2, 0.25) is 0 Å². The second kappa shape index (κ2) is 63.1. The zero-order chi connectivity index (χ0) is 55.0. The Bertz CT molecular complexity index is 1630. The summed E-state index contributed by atoms with van der Waals surface area (Å²) in [5.74, 6) is -1.05. The SMILES string of the molecule is CC/C=C\C/C=C\C/C=C\C/C=C\C/C=C\C/C=C\CCCCCCCCCCCCCCCCC(=O)OCC(COC(=O)CCCCCCCCCCCC)OC(=O)C/C=C\C/C=C\C/C=C\C/C=C\C/C=C\CC. The minimum Gasteiger partial charge on any atom is -0.462 e. The molecule has 0 aromatic heterocycles. The van der Waals surface area contributed by atoms with Crippen LogP contribution in [-0.4, -0.2) is 37.2 Å². The summed E-state index contributed by atoms with van der Waals surface area (Å²) in [6.07, 6.45) is 89.3. The van der Waals surface area contributed by atoms with Crippen LogP contribution < -0.4 is 0 Å². The van der Waals surface area contributed by atoms with Gasteiger partial charge < -0.3 is 14.2 Å². The van der Waals surface area contributed by atoms with Gasteiger partial charge in [-0.25, -0.2) is 0 Å². The van der Waals surface area contributed by atoms with Crippen molar-refractivity contribution in [2.24, 2.45) is 0 Å². The fraction of sp³-hybridized carbons (Fsp3) is 0.643. The highest BCUT2D eigenvalue weighted by Crippen LogP contribution is 2.16. The summed E-state index contributed by atoms with van der Waals surface area (Å²) >= 11 is 0. The van der Waals surface area contributed by atoms with E-state index >= 15 is 0 Å². The fourth-order valence-electron chi connectivity index (χ4n) is 8.35. The van der Waals surface area contributed by atoms with Crippen molar-refractivity contribution in [2.75, 3.05) is 13.2 Å². The van der Waals surface area contributed by atoms with Crippen LogP contribution in [-0.2, 0) is 28.6 Å². The first-order valence-electron chi connectivity index (χ1n) is 31.2. The quantitative estimate of drug-likeness (QED) is 0.0261. The molecule has 0 aliphatic carbocycles. The van der Waals surface area contributed by atoms with E-state index in [1.165, 1.54) is 122 Å².